The van der Waals surface area contributed by atoms with E-state index in [1.165, 1.54) is 0 Å². The summed E-state index contributed by atoms with van der Waals surface area (Å²) in [7, 11) is 0. The lowest BCUT2D eigenvalue weighted by molar-refractivity contribution is -0.00924. The topological polar surface area (TPSA) is 58.5 Å². The van der Waals surface area contributed by atoms with Gasteiger partial charge in [0, 0.05) is 17.4 Å². The maximum Gasteiger partial charge on any atom is 0.272 e. The van der Waals surface area contributed by atoms with Crippen LogP contribution in [0.2, 0.25) is 0 Å². The van der Waals surface area contributed by atoms with Crippen molar-refractivity contribution in [3.8, 4) is 0 Å². The zero-order chi connectivity index (χ0) is 16.7. The number of aromatic amines is 1. The number of H-pyrrole nitrogens is 1. The fraction of sp³-hybridized carbons (Fsp3) is 0.278. The number of hydrogen-bond donors (Lipinski definition) is 1. The molecule has 1 amide bonds. The second kappa shape index (κ2) is 6.11. The molecule has 1 saturated heterocycles. The number of hydrogen-bond acceptors (Lipinski definition) is 3. The van der Waals surface area contributed by atoms with Crippen LogP contribution in [0.15, 0.2) is 45.3 Å². The number of aromatic nitrogens is 1. The van der Waals surface area contributed by atoms with E-state index in [1.807, 2.05) is 48.2 Å². The third-order valence-corrected chi connectivity index (χ3v) is 5.16. The lowest BCUT2D eigenvalue weighted by atomic mass is 10.1. The Morgan fingerprint density at radius 3 is 2.88 bits per heavy atom. The Balaban J connectivity index is 1.71. The van der Waals surface area contributed by atoms with Crippen LogP contribution >= 0.6 is 15.9 Å². The van der Waals surface area contributed by atoms with E-state index in [4.69, 9.17) is 9.15 Å². The van der Waals surface area contributed by atoms with Crippen molar-refractivity contribution in [3.05, 3.63) is 58.1 Å². The van der Waals surface area contributed by atoms with Gasteiger partial charge in [-0.25, -0.2) is 0 Å². The van der Waals surface area contributed by atoms with Gasteiger partial charge in [-0.05, 0) is 41.1 Å². The third kappa shape index (κ3) is 2.56. The molecule has 0 aliphatic carbocycles. The number of aryl methyl sites for hydroxylation is 1. The average Bonchev–Trinajstić information content (AvgIpc) is 3.18. The summed E-state index contributed by atoms with van der Waals surface area (Å²) in [5.74, 6) is 1.53. The number of amides is 1. The lowest BCUT2D eigenvalue weighted by Gasteiger charge is -2.34. The summed E-state index contributed by atoms with van der Waals surface area (Å²) in [5, 5.41) is 1.000. The number of carbonyl (C=O) groups is 1. The zero-order valence-corrected chi connectivity index (χ0v) is 14.8. The van der Waals surface area contributed by atoms with E-state index < -0.39 is 0 Å². The van der Waals surface area contributed by atoms with Gasteiger partial charge in [-0.1, -0.05) is 18.2 Å². The van der Waals surface area contributed by atoms with Gasteiger partial charge in [-0.15, -0.1) is 0 Å². The summed E-state index contributed by atoms with van der Waals surface area (Å²) in [5.41, 5.74) is 1.50. The first-order valence-electron chi connectivity index (χ1n) is 7.86. The normalized spacial score (nSPS) is 18.2. The number of halogens is 1. The van der Waals surface area contributed by atoms with Crippen LogP contribution in [0.5, 0.6) is 0 Å². The highest BCUT2D eigenvalue weighted by atomic mass is 79.9. The predicted octanol–water partition coefficient (Wildman–Crippen LogP) is 4.05. The first kappa shape index (κ1) is 15.5. The molecular formula is C18H17BrN2O3. The third-order valence-electron chi connectivity index (χ3n) is 4.34. The second-order valence-corrected chi connectivity index (χ2v) is 6.69. The largest absolute Gasteiger partial charge is 0.464 e. The molecule has 0 radical (unpaired) electrons. The van der Waals surface area contributed by atoms with Gasteiger partial charge in [0.05, 0.1) is 17.7 Å². The maximum atomic E-state index is 13.1. The fourth-order valence-corrected chi connectivity index (χ4v) is 3.73. The molecule has 3 heterocycles. The van der Waals surface area contributed by atoms with Gasteiger partial charge in [0.1, 0.15) is 23.3 Å². The molecule has 2 aromatic heterocycles. The predicted molar refractivity (Wildman–Crippen MR) is 94.0 cm³/mol. The zero-order valence-electron chi connectivity index (χ0n) is 13.2. The van der Waals surface area contributed by atoms with Crippen LogP contribution in [0.1, 0.15) is 28.1 Å². The highest BCUT2D eigenvalue weighted by molar-refractivity contribution is 9.10. The molecular weight excluding hydrogens is 372 g/mol. The van der Waals surface area contributed by atoms with Crippen LogP contribution in [0, 0.1) is 6.92 Å². The average molecular weight is 389 g/mol. The van der Waals surface area contributed by atoms with Gasteiger partial charge in [0.2, 0.25) is 0 Å². The molecule has 1 fully saturated rings. The second-order valence-electron chi connectivity index (χ2n) is 5.90. The Kier molecular flexibility index (Phi) is 3.94. The number of fused-ring (bicyclic) bond motifs is 1. The van der Waals surface area contributed by atoms with Crippen molar-refractivity contribution in [2.24, 2.45) is 0 Å². The molecule has 1 aliphatic heterocycles. The maximum absolute atomic E-state index is 13.1. The fourth-order valence-electron chi connectivity index (χ4n) is 3.11. The Morgan fingerprint density at radius 1 is 1.29 bits per heavy atom. The number of nitrogens with one attached hydrogen (secondary N) is 1. The van der Waals surface area contributed by atoms with E-state index in [-0.39, 0.29) is 11.9 Å². The van der Waals surface area contributed by atoms with Gasteiger partial charge >= 0.3 is 0 Å². The summed E-state index contributed by atoms with van der Waals surface area (Å²) in [6.45, 7) is 3.40. The van der Waals surface area contributed by atoms with Crippen molar-refractivity contribution in [2.45, 2.75) is 13.0 Å². The molecule has 1 unspecified atom stereocenters. The van der Waals surface area contributed by atoms with Crippen LogP contribution < -0.4 is 0 Å². The molecule has 1 aliphatic rings. The Labute approximate surface area is 147 Å². The number of rotatable bonds is 2. The van der Waals surface area contributed by atoms with Gasteiger partial charge in [0.25, 0.3) is 5.91 Å². The van der Waals surface area contributed by atoms with Crippen molar-refractivity contribution < 1.29 is 13.9 Å². The number of benzene rings is 1. The van der Waals surface area contributed by atoms with E-state index in [1.54, 1.807) is 0 Å². The van der Waals surface area contributed by atoms with E-state index in [0.717, 1.165) is 26.9 Å². The van der Waals surface area contributed by atoms with Crippen LogP contribution in [0.4, 0.5) is 0 Å². The van der Waals surface area contributed by atoms with E-state index in [2.05, 4.69) is 20.9 Å². The standard InChI is InChI=1S/C18H17BrN2O3/c1-11-6-7-15(24-11)14-10-23-9-8-21(14)18(22)17-16(19)12-4-2-3-5-13(12)20-17/h2-7,14,20H,8-10H2,1H3. The Hall–Kier alpha value is -2.05. The summed E-state index contributed by atoms with van der Waals surface area (Å²) in [4.78, 5) is 18.2. The molecule has 0 saturated carbocycles. The van der Waals surface area contributed by atoms with Gasteiger partial charge in [-0.3, -0.25) is 4.79 Å². The number of para-hydroxylation sites is 1. The van der Waals surface area contributed by atoms with Crippen molar-refractivity contribution in [2.75, 3.05) is 19.8 Å². The highest BCUT2D eigenvalue weighted by Crippen LogP contribution is 2.32. The molecule has 0 spiro atoms. The summed E-state index contributed by atoms with van der Waals surface area (Å²) in [6.07, 6.45) is 0. The lowest BCUT2D eigenvalue weighted by Crippen LogP contribution is -2.43. The molecule has 1 atom stereocenters. The van der Waals surface area contributed by atoms with Gasteiger partial charge in [-0.2, -0.15) is 0 Å². The smallest absolute Gasteiger partial charge is 0.272 e. The van der Waals surface area contributed by atoms with Crippen LogP contribution in [-0.2, 0) is 4.74 Å². The number of morpholine rings is 1. The van der Waals surface area contributed by atoms with Crippen LogP contribution in [0.3, 0.4) is 0 Å². The Bertz CT molecular complexity index is 899. The quantitative estimate of drug-likeness (QED) is 0.720. The number of furan rings is 1. The molecule has 6 heteroatoms. The van der Waals surface area contributed by atoms with Crippen molar-refractivity contribution in [1.82, 2.24) is 9.88 Å². The van der Waals surface area contributed by atoms with Gasteiger partial charge < -0.3 is 19.0 Å². The minimum Gasteiger partial charge on any atom is -0.464 e. The van der Waals surface area contributed by atoms with Gasteiger partial charge in [0.15, 0.2) is 0 Å². The molecule has 1 N–H and O–H groups in total. The van der Waals surface area contributed by atoms with Crippen molar-refractivity contribution >= 4 is 32.7 Å². The van der Waals surface area contributed by atoms with Crippen LogP contribution in [0.25, 0.3) is 10.9 Å². The molecule has 1 aromatic carbocycles. The first-order valence-corrected chi connectivity index (χ1v) is 8.65. The highest BCUT2D eigenvalue weighted by Gasteiger charge is 2.33. The monoisotopic (exact) mass is 388 g/mol. The molecule has 124 valence electrons. The summed E-state index contributed by atoms with van der Waals surface area (Å²) < 4.78 is 12.1. The molecule has 3 aromatic rings. The summed E-state index contributed by atoms with van der Waals surface area (Å²) in [6, 6.07) is 11.5. The number of ether oxygens (including phenoxy) is 1. The Morgan fingerprint density at radius 2 is 2.12 bits per heavy atom. The minimum atomic E-state index is -0.210. The van der Waals surface area contributed by atoms with Crippen molar-refractivity contribution in [3.63, 3.8) is 0 Å². The van der Waals surface area contributed by atoms with E-state index >= 15 is 0 Å². The minimum absolute atomic E-state index is 0.0552. The summed E-state index contributed by atoms with van der Waals surface area (Å²) >= 11 is 3.57. The SMILES string of the molecule is Cc1ccc(C2COCCN2C(=O)c2[nH]c3ccccc3c2Br)o1. The van der Waals surface area contributed by atoms with Crippen molar-refractivity contribution in [1.29, 1.82) is 0 Å². The molecule has 5 nitrogen and oxygen atoms in total. The molecule has 24 heavy (non-hydrogen) atoms. The number of nitrogens with zero attached hydrogens (tertiary/aromatic N) is 1. The number of carbonyl (C=O) groups excluding carboxylic acids is 1. The van der Waals surface area contributed by atoms with Crippen LogP contribution in [-0.4, -0.2) is 35.5 Å². The van der Waals surface area contributed by atoms with E-state index in [0.29, 0.717) is 25.5 Å². The first-order chi connectivity index (χ1) is 11.6. The molecule has 4 rings (SSSR count). The van der Waals surface area contributed by atoms with E-state index in [9.17, 15) is 4.79 Å². The molecule has 0 bridgehead atoms.